The quantitative estimate of drug-likeness (QED) is 0.126. The lowest BCUT2D eigenvalue weighted by atomic mass is 10.0. The number of aromatic nitrogens is 2. The molecule has 4 aromatic rings. The summed E-state index contributed by atoms with van der Waals surface area (Å²) in [6.45, 7) is 1.70. The Hall–Kier alpha value is -5.82. The predicted octanol–water partition coefficient (Wildman–Crippen LogP) is 5.25. The van der Waals surface area contributed by atoms with Crippen LogP contribution in [0.25, 0.3) is 0 Å². The van der Waals surface area contributed by atoms with Crippen molar-refractivity contribution in [2.24, 2.45) is 0 Å². The van der Waals surface area contributed by atoms with Gasteiger partial charge in [-0.25, -0.2) is 17.8 Å². The number of fused-ring (bicyclic) bond motifs is 1. The number of nitrogens with one attached hydrogen (secondary N) is 3. The van der Waals surface area contributed by atoms with E-state index >= 15 is 4.39 Å². The summed E-state index contributed by atoms with van der Waals surface area (Å²) in [5, 5.41) is 7.96. The van der Waals surface area contributed by atoms with Gasteiger partial charge in [0.05, 0.1) is 18.5 Å². The molecular formula is C40H43F4N9O5S. The summed E-state index contributed by atoms with van der Waals surface area (Å²) in [6.07, 6.45) is -1.04. The molecular weight excluding hydrogens is 795 g/mol. The monoisotopic (exact) mass is 837 g/mol. The third-order valence-electron chi connectivity index (χ3n) is 11.1. The maximum absolute atomic E-state index is 15.8. The van der Waals surface area contributed by atoms with E-state index in [1.54, 1.807) is 48.5 Å². The molecule has 0 spiro atoms. The van der Waals surface area contributed by atoms with Crippen molar-refractivity contribution < 1.29 is 40.4 Å². The molecule has 19 heteroatoms. The van der Waals surface area contributed by atoms with E-state index in [0.29, 0.717) is 35.2 Å². The van der Waals surface area contributed by atoms with Crippen LogP contribution in [0.4, 0.5) is 46.4 Å². The lowest BCUT2D eigenvalue weighted by Gasteiger charge is -2.38. The van der Waals surface area contributed by atoms with Gasteiger partial charge < -0.3 is 20.4 Å². The van der Waals surface area contributed by atoms with E-state index in [2.05, 4.69) is 35.7 Å². The molecule has 0 bridgehead atoms. The molecule has 1 aromatic heterocycles. The number of anilines is 5. The van der Waals surface area contributed by atoms with Crippen LogP contribution < -0.4 is 25.2 Å². The Bertz CT molecular complexity index is 2370. The van der Waals surface area contributed by atoms with E-state index in [4.69, 9.17) is 0 Å². The Labute approximate surface area is 338 Å². The van der Waals surface area contributed by atoms with Crippen LogP contribution in [-0.4, -0.2) is 91.4 Å². The zero-order chi connectivity index (χ0) is 42.2. The maximum Gasteiger partial charge on any atom is 0.421 e. The third-order valence-corrected chi connectivity index (χ3v) is 12.3. The zero-order valence-corrected chi connectivity index (χ0v) is 33.3. The summed E-state index contributed by atoms with van der Waals surface area (Å²) in [5.74, 6) is -2.30. The van der Waals surface area contributed by atoms with Gasteiger partial charge in [-0.1, -0.05) is 18.2 Å². The average Bonchev–Trinajstić information content (AvgIpc) is 3.53. The molecule has 1 unspecified atom stereocenters. The van der Waals surface area contributed by atoms with Crippen LogP contribution in [0.15, 0.2) is 66.9 Å². The molecule has 0 radical (unpaired) electrons. The highest BCUT2D eigenvalue weighted by molar-refractivity contribution is 7.92. The van der Waals surface area contributed by atoms with Gasteiger partial charge in [-0.3, -0.25) is 28.9 Å². The van der Waals surface area contributed by atoms with Crippen LogP contribution in [0.1, 0.15) is 58.3 Å². The second-order valence-corrected chi connectivity index (χ2v) is 17.0. The molecule has 3 aromatic carbocycles. The fourth-order valence-corrected chi connectivity index (χ4v) is 8.14. The van der Waals surface area contributed by atoms with Crippen molar-refractivity contribution in [2.75, 3.05) is 53.3 Å². The van der Waals surface area contributed by atoms with E-state index in [9.17, 15) is 36.0 Å². The number of carbonyl (C=O) groups is 3. The minimum atomic E-state index is -4.73. The lowest BCUT2D eigenvalue weighted by Crippen LogP contribution is -2.52. The number of amides is 3. The Morgan fingerprint density at radius 1 is 0.983 bits per heavy atom. The summed E-state index contributed by atoms with van der Waals surface area (Å²) in [6, 6.07) is 16.4. The summed E-state index contributed by atoms with van der Waals surface area (Å²) in [5.41, 5.74) is 2.32. The third kappa shape index (κ3) is 9.10. The van der Waals surface area contributed by atoms with Crippen LogP contribution in [0.5, 0.6) is 0 Å². The normalized spacial score (nSPS) is 17.6. The van der Waals surface area contributed by atoms with Crippen LogP contribution >= 0.6 is 0 Å². The molecule has 7 rings (SSSR count). The number of nitrogens with zero attached hydrogens (tertiary/aromatic N) is 6. The van der Waals surface area contributed by atoms with Crippen LogP contribution in [-0.2, 0) is 45.4 Å². The Morgan fingerprint density at radius 2 is 1.71 bits per heavy atom. The van der Waals surface area contributed by atoms with E-state index in [0.717, 1.165) is 42.2 Å². The minimum Gasteiger partial charge on any atom is -0.371 e. The highest BCUT2D eigenvalue weighted by atomic mass is 32.2. The molecule has 0 saturated carbocycles. The van der Waals surface area contributed by atoms with E-state index in [-0.39, 0.29) is 55.0 Å². The van der Waals surface area contributed by atoms with Gasteiger partial charge in [0.1, 0.15) is 23.2 Å². The van der Waals surface area contributed by atoms with Gasteiger partial charge >= 0.3 is 6.18 Å². The van der Waals surface area contributed by atoms with Gasteiger partial charge in [-0.2, -0.15) is 18.2 Å². The predicted molar refractivity (Wildman–Crippen MR) is 213 cm³/mol. The Kier molecular flexibility index (Phi) is 11.5. The number of imide groups is 1. The summed E-state index contributed by atoms with van der Waals surface area (Å²) < 4.78 is 82.6. The number of carbonyl (C=O) groups excluding carboxylic acids is 3. The smallest absolute Gasteiger partial charge is 0.371 e. The second kappa shape index (κ2) is 16.4. The molecule has 4 heterocycles. The molecule has 0 aliphatic carbocycles. The van der Waals surface area contributed by atoms with Gasteiger partial charge in [0.2, 0.25) is 27.8 Å². The first kappa shape index (κ1) is 41.3. The van der Waals surface area contributed by atoms with E-state index < -0.39 is 51.3 Å². The van der Waals surface area contributed by atoms with E-state index in [1.165, 1.54) is 11.9 Å². The van der Waals surface area contributed by atoms with Crippen molar-refractivity contribution in [1.82, 2.24) is 25.1 Å². The molecule has 3 aliphatic heterocycles. The molecule has 2 fully saturated rings. The number of alkyl halides is 3. The standard InChI is InChI=1S/C40H43F4N9O5S/c1-50(22-25-7-12-30-31(35(25)41)23-53(38(30)56)33-13-14-34(54)48-37(33)55)27-15-17-52(18-16-27)28-10-8-26(9-11-28)47-39-46-21-32(40(42,43)44)36(49-39)45-20-24-5-4-6-29(19-24)51(2)59(3,57)58/h4-12,19,21,27,33H,13-18,20,22-23H2,1-3H3,(H,48,54,55)(H2,45,46,47,49). The van der Waals surface area contributed by atoms with Crippen molar-refractivity contribution in [3.63, 3.8) is 0 Å². The average molecular weight is 838 g/mol. The molecule has 1 atom stereocenters. The number of benzene rings is 3. The summed E-state index contributed by atoms with van der Waals surface area (Å²) >= 11 is 0. The van der Waals surface area contributed by atoms with Gasteiger partial charge in [0.15, 0.2) is 0 Å². The van der Waals surface area contributed by atoms with Crippen molar-refractivity contribution in [1.29, 1.82) is 0 Å². The minimum absolute atomic E-state index is 0.0301. The topological polar surface area (TPSA) is 160 Å². The van der Waals surface area contributed by atoms with Crippen LogP contribution in [0.3, 0.4) is 0 Å². The molecule has 312 valence electrons. The first-order valence-corrected chi connectivity index (χ1v) is 20.8. The fraction of sp³-hybridized carbons (Fsp3) is 0.375. The first-order chi connectivity index (χ1) is 28.0. The van der Waals surface area contributed by atoms with Crippen molar-refractivity contribution in [3.05, 3.63) is 100 Å². The number of sulfonamides is 1. The highest BCUT2D eigenvalue weighted by Gasteiger charge is 2.41. The number of hydrogen-bond acceptors (Lipinski definition) is 11. The maximum atomic E-state index is 15.8. The molecule has 3 N–H and O–H groups in total. The highest BCUT2D eigenvalue weighted by Crippen LogP contribution is 2.35. The number of rotatable bonds is 12. The Balaban J connectivity index is 0.939. The fourth-order valence-electron chi connectivity index (χ4n) is 7.65. The lowest BCUT2D eigenvalue weighted by molar-refractivity contribution is -0.138. The van der Waals surface area contributed by atoms with Gasteiger partial charge in [0, 0.05) is 80.0 Å². The second-order valence-electron chi connectivity index (χ2n) is 15.0. The van der Waals surface area contributed by atoms with Gasteiger partial charge in [0.25, 0.3) is 5.91 Å². The first-order valence-electron chi connectivity index (χ1n) is 18.9. The molecule has 59 heavy (non-hydrogen) atoms. The van der Waals surface area contributed by atoms with E-state index in [1.807, 2.05) is 19.2 Å². The molecule has 2 saturated heterocycles. The Morgan fingerprint density at radius 3 is 2.39 bits per heavy atom. The van der Waals surface area contributed by atoms with Gasteiger partial charge in [-0.15, -0.1) is 0 Å². The molecule has 3 amide bonds. The van der Waals surface area contributed by atoms with Crippen molar-refractivity contribution in [2.45, 2.75) is 63.6 Å². The number of halogens is 4. The zero-order valence-electron chi connectivity index (χ0n) is 32.5. The summed E-state index contributed by atoms with van der Waals surface area (Å²) in [4.78, 5) is 50.8. The van der Waals surface area contributed by atoms with Gasteiger partial charge in [-0.05, 0) is 74.3 Å². The molecule has 3 aliphatic rings. The largest absolute Gasteiger partial charge is 0.421 e. The van der Waals surface area contributed by atoms with Crippen molar-refractivity contribution in [3.8, 4) is 0 Å². The SMILES string of the molecule is CN(Cc1ccc2c(c1F)CN(C1CCC(=O)NC1=O)C2=O)C1CCN(c2ccc(Nc3ncc(C(F)(F)F)c(NCc4cccc(N(C)S(C)(=O)=O)c4)n3)cc2)CC1. The summed E-state index contributed by atoms with van der Waals surface area (Å²) in [7, 11) is -0.209. The number of piperidine rings is 2. The van der Waals surface area contributed by atoms with Crippen LogP contribution in [0, 0.1) is 5.82 Å². The number of hydrogen-bond donors (Lipinski definition) is 3. The molecule has 14 nitrogen and oxygen atoms in total. The van der Waals surface area contributed by atoms with Crippen molar-refractivity contribution >= 4 is 56.6 Å². The van der Waals surface area contributed by atoms with Crippen LogP contribution in [0.2, 0.25) is 0 Å².